The van der Waals surface area contributed by atoms with Gasteiger partial charge >= 0.3 is 6.18 Å². The van der Waals surface area contributed by atoms with E-state index in [4.69, 9.17) is 4.52 Å². The summed E-state index contributed by atoms with van der Waals surface area (Å²) in [5.74, 6) is 1.05. The van der Waals surface area contributed by atoms with Crippen molar-refractivity contribution in [3.63, 3.8) is 0 Å². The largest absolute Gasteiger partial charge is 0.416 e. The van der Waals surface area contributed by atoms with Gasteiger partial charge in [0.15, 0.2) is 0 Å². The Balaban J connectivity index is 1.45. The highest BCUT2D eigenvalue weighted by molar-refractivity contribution is 5.54. The molecule has 4 nitrogen and oxygen atoms in total. The summed E-state index contributed by atoms with van der Waals surface area (Å²) in [5.41, 5.74) is 2.25. The fourth-order valence-electron chi connectivity index (χ4n) is 3.10. The van der Waals surface area contributed by atoms with E-state index < -0.39 is 11.7 Å². The zero-order valence-corrected chi connectivity index (χ0v) is 15.4. The van der Waals surface area contributed by atoms with Crippen molar-refractivity contribution in [2.75, 3.05) is 0 Å². The van der Waals surface area contributed by atoms with E-state index in [1.807, 2.05) is 31.2 Å². The third-order valence-electron chi connectivity index (χ3n) is 4.85. The Morgan fingerprint density at radius 1 is 1.00 bits per heavy atom. The van der Waals surface area contributed by atoms with Gasteiger partial charge in [0.2, 0.25) is 11.7 Å². The lowest BCUT2D eigenvalue weighted by molar-refractivity contribution is -0.137. The number of aromatic nitrogens is 2. The third-order valence-corrected chi connectivity index (χ3v) is 4.85. The number of nitrogens with zero attached hydrogens (tertiary/aromatic N) is 3. The summed E-state index contributed by atoms with van der Waals surface area (Å²) in [5, 5.41) is 4.06. The molecule has 0 N–H and O–H groups in total. The van der Waals surface area contributed by atoms with Crippen LogP contribution in [0.25, 0.3) is 11.4 Å². The van der Waals surface area contributed by atoms with Crippen molar-refractivity contribution in [1.29, 1.82) is 0 Å². The smallest absolute Gasteiger partial charge is 0.338 e. The predicted octanol–water partition coefficient (Wildman–Crippen LogP) is 5.23. The van der Waals surface area contributed by atoms with Crippen molar-refractivity contribution < 1.29 is 17.7 Å². The standard InChI is InChI=1S/C21H20F3N3O/c1-14-2-6-16(7-3-14)20-25-19(28-26-20)13-27(18-10-11-18)12-15-4-8-17(9-5-15)21(22,23)24/h2-9,18H,10-13H2,1H3. The van der Waals surface area contributed by atoms with Crippen molar-refractivity contribution in [2.45, 2.75) is 45.1 Å². The lowest BCUT2D eigenvalue weighted by Gasteiger charge is -2.20. The molecular weight excluding hydrogens is 367 g/mol. The first kappa shape index (κ1) is 18.7. The highest BCUT2D eigenvalue weighted by Gasteiger charge is 2.32. The molecule has 1 fully saturated rings. The van der Waals surface area contributed by atoms with Gasteiger partial charge in [0.25, 0.3) is 0 Å². The fraction of sp³-hybridized carbons (Fsp3) is 0.333. The van der Waals surface area contributed by atoms with Crippen LogP contribution in [0.1, 0.15) is 35.4 Å². The summed E-state index contributed by atoms with van der Waals surface area (Å²) in [6, 6.07) is 13.6. The zero-order valence-electron chi connectivity index (χ0n) is 15.4. The van der Waals surface area contributed by atoms with Crippen molar-refractivity contribution in [2.24, 2.45) is 0 Å². The molecule has 146 valence electrons. The summed E-state index contributed by atoms with van der Waals surface area (Å²) in [6.07, 6.45) is -2.18. The first-order valence-electron chi connectivity index (χ1n) is 9.18. The van der Waals surface area contributed by atoms with Crippen LogP contribution in [0.5, 0.6) is 0 Å². The van der Waals surface area contributed by atoms with Crippen molar-refractivity contribution >= 4 is 0 Å². The maximum atomic E-state index is 12.7. The van der Waals surface area contributed by atoms with Gasteiger partial charge in [0.05, 0.1) is 12.1 Å². The second-order valence-electron chi connectivity index (χ2n) is 7.21. The second-order valence-corrected chi connectivity index (χ2v) is 7.21. The topological polar surface area (TPSA) is 42.2 Å². The van der Waals surface area contributed by atoms with Crippen LogP contribution in [0.15, 0.2) is 53.1 Å². The van der Waals surface area contributed by atoms with Crippen molar-refractivity contribution in [3.8, 4) is 11.4 Å². The molecule has 28 heavy (non-hydrogen) atoms. The molecule has 3 aromatic rings. The van der Waals surface area contributed by atoms with Gasteiger partial charge < -0.3 is 4.52 Å². The van der Waals surface area contributed by atoms with Gasteiger partial charge in [-0.25, -0.2) is 0 Å². The van der Waals surface area contributed by atoms with Crippen LogP contribution >= 0.6 is 0 Å². The van der Waals surface area contributed by atoms with Crippen LogP contribution in [-0.2, 0) is 19.3 Å². The summed E-state index contributed by atoms with van der Waals surface area (Å²) < 4.78 is 43.6. The van der Waals surface area contributed by atoms with Gasteiger partial charge in [-0.15, -0.1) is 0 Å². The molecule has 7 heteroatoms. The monoisotopic (exact) mass is 387 g/mol. The van der Waals surface area contributed by atoms with Crippen LogP contribution in [0.4, 0.5) is 13.2 Å². The van der Waals surface area contributed by atoms with Gasteiger partial charge in [-0.05, 0) is 37.5 Å². The Morgan fingerprint density at radius 2 is 1.68 bits per heavy atom. The Kier molecular flexibility index (Phi) is 4.93. The van der Waals surface area contributed by atoms with Crippen molar-refractivity contribution in [1.82, 2.24) is 15.0 Å². The molecule has 1 aliphatic carbocycles. The molecule has 2 aromatic carbocycles. The molecule has 0 aliphatic heterocycles. The number of hydrogen-bond donors (Lipinski definition) is 0. The maximum absolute atomic E-state index is 12.7. The Bertz CT molecular complexity index is 929. The number of halogens is 3. The lowest BCUT2D eigenvalue weighted by atomic mass is 10.1. The second kappa shape index (κ2) is 7.39. The summed E-state index contributed by atoms with van der Waals surface area (Å²) >= 11 is 0. The van der Waals surface area contributed by atoms with Crippen LogP contribution < -0.4 is 0 Å². The van der Waals surface area contributed by atoms with E-state index in [-0.39, 0.29) is 0 Å². The molecule has 0 saturated heterocycles. The molecular formula is C21H20F3N3O. The third kappa shape index (κ3) is 4.42. The van der Waals surface area contributed by atoms with E-state index in [2.05, 4.69) is 15.0 Å². The number of alkyl halides is 3. The van der Waals surface area contributed by atoms with Gasteiger partial charge in [0.1, 0.15) is 0 Å². The first-order chi connectivity index (χ1) is 13.4. The minimum absolute atomic E-state index is 0.400. The molecule has 4 rings (SSSR count). The van der Waals surface area contributed by atoms with E-state index in [1.54, 1.807) is 0 Å². The van der Waals surface area contributed by atoms with E-state index in [0.717, 1.165) is 41.7 Å². The quantitative estimate of drug-likeness (QED) is 0.581. The van der Waals surface area contributed by atoms with Gasteiger partial charge in [-0.3, -0.25) is 4.90 Å². The fourth-order valence-corrected chi connectivity index (χ4v) is 3.10. The zero-order chi connectivity index (χ0) is 19.7. The van der Waals surface area contributed by atoms with E-state index in [9.17, 15) is 13.2 Å². The maximum Gasteiger partial charge on any atom is 0.416 e. The summed E-state index contributed by atoms with van der Waals surface area (Å²) in [6.45, 7) is 3.04. The molecule has 0 spiro atoms. The van der Waals surface area contributed by atoms with Crippen molar-refractivity contribution in [3.05, 3.63) is 71.1 Å². The molecule has 0 atom stereocenters. The molecule has 1 saturated carbocycles. The highest BCUT2D eigenvalue weighted by atomic mass is 19.4. The number of benzene rings is 2. The van der Waals surface area contributed by atoms with Crippen LogP contribution in [0, 0.1) is 6.92 Å². The van der Waals surface area contributed by atoms with Crippen LogP contribution in [-0.4, -0.2) is 21.1 Å². The molecule has 0 radical (unpaired) electrons. The molecule has 0 bridgehead atoms. The Hall–Kier alpha value is -2.67. The van der Waals surface area contributed by atoms with E-state index in [1.165, 1.54) is 12.1 Å². The van der Waals surface area contributed by atoms with Gasteiger partial charge in [-0.1, -0.05) is 47.1 Å². The number of aryl methyl sites for hydroxylation is 1. The molecule has 1 heterocycles. The highest BCUT2D eigenvalue weighted by Crippen LogP contribution is 2.32. The van der Waals surface area contributed by atoms with E-state index in [0.29, 0.717) is 30.8 Å². The number of hydrogen-bond acceptors (Lipinski definition) is 4. The minimum Gasteiger partial charge on any atom is -0.338 e. The van der Waals surface area contributed by atoms with Crippen LogP contribution in [0.3, 0.4) is 0 Å². The van der Waals surface area contributed by atoms with Crippen LogP contribution in [0.2, 0.25) is 0 Å². The van der Waals surface area contributed by atoms with Gasteiger partial charge in [-0.2, -0.15) is 18.2 Å². The summed E-state index contributed by atoms with van der Waals surface area (Å²) in [7, 11) is 0. The normalized spacial score (nSPS) is 14.6. The van der Waals surface area contributed by atoms with E-state index >= 15 is 0 Å². The molecule has 0 unspecified atom stereocenters. The summed E-state index contributed by atoms with van der Waals surface area (Å²) in [4.78, 5) is 6.66. The van der Waals surface area contributed by atoms with Gasteiger partial charge in [0, 0.05) is 18.2 Å². The lowest BCUT2D eigenvalue weighted by Crippen LogP contribution is -2.25. The minimum atomic E-state index is -4.31. The SMILES string of the molecule is Cc1ccc(-c2noc(CN(Cc3ccc(C(F)(F)F)cc3)C3CC3)n2)cc1. The average molecular weight is 387 g/mol. The molecule has 1 aliphatic rings. The number of rotatable bonds is 6. The molecule has 1 aromatic heterocycles. The Labute approximate surface area is 161 Å². The predicted molar refractivity (Wildman–Crippen MR) is 98.2 cm³/mol. The Morgan fingerprint density at radius 3 is 2.29 bits per heavy atom. The average Bonchev–Trinajstić information content (AvgIpc) is 3.41. The molecule has 0 amide bonds. The first-order valence-corrected chi connectivity index (χ1v) is 9.18.